The summed E-state index contributed by atoms with van der Waals surface area (Å²) in [5.74, 6) is -0.505. The fraction of sp³-hybridized carbons (Fsp3) is 0.292. The van der Waals surface area contributed by atoms with Crippen molar-refractivity contribution in [3.05, 3.63) is 109 Å². The van der Waals surface area contributed by atoms with E-state index in [0.29, 0.717) is 67.6 Å². The van der Waals surface area contributed by atoms with Gasteiger partial charge in [-0.05, 0) is 74.0 Å². The fourth-order valence-electron chi connectivity index (χ4n) is 7.61. The Morgan fingerprint density at radius 2 is 1.13 bits per heavy atom. The van der Waals surface area contributed by atoms with Crippen LogP contribution < -0.4 is 42.2 Å². The molecule has 20 heteroatoms. The topological polar surface area (TPSA) is 279 Å². The minimum atomic E-state index is -0.765. The first kappa shape index (κ1) is 47.5. The molecule has 0 radical (unpaired) electrons. The third-order valence-electron chi connectivity index (χ3n) is 11.5. The van der Waals surface area contributed by atoms with Gasteiger partial charge in [-0.15, -0.1) is 20.4 Å². The SMILES string of the molecule is C=CC(=O)N1CC=C(c2cccc(Nc3cc(NC(=O)C4CC4)nnc3C(N)=O)c2OC)CC1.C=CC(=O)N1CCC=C(c2cccc(Nc3cc(NC(=O)C4CC4)nnc3C(N)=O)c2OC)C1. The number of carbonyl (C=O) groups is 6. The molecule has 2 saturated carbocycles. The molecule has 0 saturated heterocycles. The lowest BCUT2D eigenvalue weighted by molar-refractivity contribution is -0.126. The average Bonchev–Trinajstić information content (AvgIpc) is 4.29. The van der Waals surface area contributed by atoms with Gasteiger partial charge in [0.1, 0.15) is 11.5 Å². The Labute approximate surface area is 391 Å². The second-order valence-electron chi connectivity index (χ2n) is 16.2. The Kier molecular flexibility index (Phi) is 14.9. The summed E-state index contributed by atoms with van der Waals surface area (Å²) in [7, 11) is 3.10. The number of para-hydroxylation sites is 2. The minimum Gasteiger partial charge on any atom is -0.494 e. The number of amides is 6. The zero-order chi connectivity index (χ0) is 48.5. The van der Waals surface area contributed by atoms with Crippen LogP contribution in [0.3, 0.4) is 0 Å². The van der Waals surface area contributed by atoms with Crippen LogP contribution in [0.1, 0.15) is 70.6 Å². The molecular weight excluding hydrogens is 873 g/mol. The van der Waals surface area contributed by atoms with Crippen LogP contribution in [0.4, 0.5) is 34.4 Å². The van der Waals surface area contributed by atoms with Crippen LogP contribution in [-0.4, -0.2) is 106 Å². The van der Waals surface area contributed by atoms with Gasteiger partial charge < -0.3 is 52.0 Å². The third-order valence-corrected chi connectivity index (χ3v) is 11.5. The molecule has 2 aromatic heterocycles. The zero-order valence-electron chi connectivity index (χ0n) is 37.7. The maximum atomic E-state index is 12.1. The van der Waals surface area contributed by atoms with Crippen molar-refractivity contribution in [2.75, 3.05) is 61.7 Å². The standard InChI is InChI=1S/2C24H26N6O4/c1-3-20(31)30-11-5-6-15(13-30)16-7-4-8-17(22(16)34-2)26-18-12-19(27-24(33)14-9-10-14)28-29-21(18)23(25)32;1-3-20(31)30-11-9-14(10-12-30)16-5-4-6-17(22(16)34-2)26-18-13-19(27-24(33)15-7-8-15)28-29-21(18)23(25)32/h3-4,6-8,12,14H,1,5,9-11,13H2,2H3,(H2,25,32)(H2,26,27,28,33);3-6,9,13,15H,1,7-8,10-12H2,2H3,(H2,25,32)(H2,26,27,28,33). The van der Waals surface area contributed by atoms with Crippen LogP contribution in [0.25, 0.3) is 11.1 Å². The van der Waals surface area contributed by atoms with E-state index in [1.165, 1.54) is 24.3 Å². The molecule has 6 amide bonds. The van der Waals surface area contributed by atoms with Gasteiger partial charge in [-0.25, -0.2) is 0 Å². The summed E-state index contributed by atoms with van der Waals surface area (Å²) >= 11 is 0. The zero-order valence-corrected chi connectivity index (χ0v) is 37.7. The second-order valence-corrected chi connectivity index (χ2v) is 16.2. The van der Waals surface area contributed by atoms with Crippen molar-refractivity contribution < 1.29 is 38.2 Å². The second kappa shape index (κ2) is 21.3. The van der Waals surface area contributed by atoms with Gasteiger partial charge in [-0.3, -0.25) is 28.8 Å². The van der Waals surface area contributed by atoms with E-state index in [0.717, 1.165) is 48.0 Å². The normalized spacial score (nSPS) is 15.2. The van der Waals surface area contributed by atoms with Gasteiger partial charge in [-0.2, -0.15) is 0 Å². The number of nitrogens with zero attached hydrogens (tertiary/aromatic N) is 6. The lowest BCUT2D eigenvalue weighted by Crippen LogP contribution is -2.34. The summed E-state index contributed by atoms with van der Waals surface area (Å²) in [6.07, 6.45) is 11.4. The van der Waals surface area contributed by atoms with Crippen molar-refractivity contribution in [1.29, 1.82) is 0 Å². The number of rotatable bonds is 16. The van der Waals surface area contributed by atoms with E-state index in [1.807, 2.05) is 30.3 Å². The molecule has 8 rings (SSSR count). The van der Waals surface area contributed by atoms with E-state index in [4.69, 9.17) is 20.9 Å². The first-order valence-corrected chi connectivity index (χ1v) is 21.9. The van der Waals surface area contributed by atoms with E-state index in [2.05, 4.69) is 60.9 Å². The molecule has 2 aliphatic carbocycles. The molecule has 4 aliphatic rings. The highest BCUT2D eigenvalue weighted by molar-refractivity contribution is 6.01. The highest BCUT2D eigenvalue weighted by Gasteiger charge is 2.31. The van der Waals surface area contributed by atoms with E-state index < -0.39 is 11.8 Å². The van der Waals surface area contributed by atoms with Crippen molar-refractivity contribution in [3.63, 3.8) is 0 Å². The molecule has 0 spiro atoms. The first-order chi connectivity index (χ1) is 32.8. The van der Waals surface area contributed by atoms with Crippen molar-refractivity contribution in [3.8, 4) is 11.5 Å². The number of hydrogen-bond donors (Lipinski definition) is 6. The lowest BCUT2D eigenvalue weighted by atomic mass is 9.97. The van der Waals surface area contributed by atoms with Crippen LogP contribution in [0.15, 0.2) is 86.0 Å². The number of primary amides is 2. The van der Waals surface area contributed by atoms with Crippen LogP contribution in [-0.2, 0) is 19.2 Å². The molecule has 0 unspecified atom stereocenters. The van der Waals surface area contributed by atoms with Gasteiger partial charge in [0, 0.05) is 61.3 Å². The van der Waals surface area contributed by atoms with Crippen molar-refractivity contribution in [2.45, 2.75) is 38.5 Å². The fourth-order valence-corrected chi connectivity index (χ4v) is 7.61. The molecule has 20 nitrogen and oxygen atoms in total. The number of carbonyl (C=O) groups excluding carboxylic acids is 6. The predicted molar refractivity (Wildman–Crippen MR) is 255 cm³/mol. The number of hydrogen-bond acceptors (Lipinski definition) is 14. The Morgan fingerprint density at radius 1 is 0.647 bits per heavy atom. The van der Waals surface area contributed by atoms with E-state index in [1.54, 1.807) is 36.2 Å². The third kappa shape index (κ3) is 11.3. The van der Waals surface area contributed by atoms with Crippen LogP contribution in [0, 0.1) is 11.8 Å². The molecular formula is C48H52N12O8. The summed E-state index contributed by atoms with van der Waals surface area (Å²) in [5.41, 5.74) is 16.2. The summed E-state index contributed by atoms with van der Waals surface area (Å²) in [5, 5.41) is 27.4. The largest absolute Gasteiger partial charge is 0.494 e. The van der Waals surface area contributed by atoms with Gasteiger partial charge >= 0.3 is 0 Å². The van der Waals surface area contributed by atoms with Crippen molar-refractivity contribution >= 4 is 81.0 Å². The average molecular weight is 925 g/mol. The highest BCUT2D eigenvalue weighted by atomic mass is 16.5. The van der Waals surface area contributed by atoms with Gasteiger partial charge in [0.05, 0.1) is 37.0 Å². The molecule has 2 fully saturated rings. The van der Waals surface area contributed by atoms with E-state index in [-0.39, 0.29) is 64.2 Å². The van der Waals surface area contributed by atoms with E-state index in [9.17, 15) is 28.8 Å². The summed E-state index contributed by atoms with van der Waals surface area (Å²) < 4.78 is 11.4. The van der Waals surface area contributed by atoms with Crippen LogP contribution >= 0.6 is 0 Å². The molecule has 0 bridgehead atoms. The Hall–Kier alpha value is -8.42. The predicted octanol–water partition coefficient (Wildman–Crippen LogP) is 4.96. The van der Waals surface area contributed by atoms with Crippen molar-refractivity contribution in [1.82, 2.24) is 30.2 Å². The Morgan fingerprint density at radius 3 is 1.56 bits per heavy atom. The number of nitrogens with one attached hydrogen (secondary N) is 4. The lowest BCUT2D eigenvalue weighted by Gasteiger charge is -2.27. The highest BCUT2D eigenvalue weighted by Crippen LogP contribution is 2.40. The number of aromatic nitrogens is 4. The number of anilines is 6. The first-order valence-electron chi connectivity index (χ1n) is 21.9. The molecule has 68 heavy (non-hydrogen) atoms. The van der Waals surface area contributed by atoms with E-state index >= 15 is 0 Å². The molecule has 2 aromatic carbocycles. The summed E-state index contributed by atoms with van der Waals surface area (Å²) in [6.45, 7) is 9.20. The number of methoxy groups -OCH3 is 2. The summed E-state index contributed by atoms with van der Waals surface area (Å²) in [4.78, 5) is 75.6. The maximum Gasteiger partial charge on any atom is 0.271 e. The molecule has 0 atom stereocenters. The maximum absolute atomic E-state index is 12.1. The smallest absolute Gasteiger partial charge is 0.271 e. The van der Waals surface area contributed by atoms with Gasteiger partial charge in [0.25, 0.3) is 11.8 Å². The number of ether oxygens (including phenoxy) is 2. The molecule has 352 valence electrons. The molecule has 2 aliphatic heterocycles. The van der Waals surface area contributed by atoms with Crippen LogP contribution in [0.2, 0.25) is 0 Å². The van der Waals surface area contributed by atoms with Gasteiger partial charge in [0.15, 0.2) is 23.0 Å². The molecule has 4 heterocycles. The van der Waals surface area contributed by atoms with Gasteiger partial charge in [0.2, 0.25) is 23.6 Å². The number of benzene rings is 2. The Balaban J connectivity index is 0.000000201. The quantitative estimate of drug-likeness (QED) is 0.0811. The molecule has 4 aromatic rings. The van der Waals surface area contributed by atoms with Gasteiger partial charge in [-0.1, -0.05) is 49.6 Å². The monoisotopic (exact) mass is 924 g/mol. The minimum absolute atomic E-state index is 0.00716. The van der Waals surface area contributed by atoms with Crippen molar-refractivity contribution in [2.24, 2.45) is 23.3 Å². The number of nitrogens with two attached hydrogens (primary N) is 2. The van der Waals surface area contributed by atoms with Crippen LogP contribution in [0.5, 0.6) is 11.5 Å². The Bertz CT molecular complexity index is 2750. The molecule has 8 N–H and O–H groups in total. The summed E-state index contributed by atoms with van der Waals surface area (Å²) in [6, 6.07) is 14.2.